The molecule has 258 valence electrons. The Morgan fingerprint density at radius 1 is 0.725 bits per heavy atom. The van der Waals surface area contributed by atoms with E-state index in [2.05, 4.69) is 5.32 Å². The summed E-state index contributed by atoms with van der Waals surface area (Å²) < 4.78 is 24.1. The highest BCUT2D eigenvalue weighted by molar-refractivity contribution is 5.82. The fourth-order valence-corrected chi connectivity index (χ4v) is 5.78. The van der Waals surface area contributed by atoms with Gasteiger partial charge < -0.3 is 23.9 Å². The summed E-state index contributed by atoms with van der Waals surface area (Å²) in [5, 5.41) is 3.65. The number of rotatable bonds is 15. The highest BCUT2D eigenvalue weighted by Gasteiger charge is 2.28. The summed E-state index contributed by atoms with van der Waals surface area (Å²) in [6.07, 6.45) is -0.346. The number of hydrogen-bond acceptors (Lipinski definition) is 8. The van der Waals surface area contributed by atoms with Gasteiger partial charge in [0.05, 0.1) is 5.39 Å². The largest absolute Gasteiger partial charge is 0.490 e. The number of benzene rings is 5. The summed E-state index contributed by atoms with van der Waals surface area (Å²) in [4.78, 5) is 40.0. The van der Waals surface area contributed by atoms with Crippen molar-refractivity contribution in [3.63, 3.8) is 0 Å². The van der Waals surface area contributed by atoms with Crippen LogP contribution in [0.3, 0.4) is 0 Å². The average Bonchev–Trinajstić information content (AvgIpc) is 3.17. The topological polar surface area (TPSA) is 104 Å². The molecule has 0 saturated carbocycles. The average molecular weight is 682 g/mol. The van der Waals surface area contributed by atoms with E-state index in [0.717, 1.165) is 22.3 Å². The molecule has 0 spiro atoms. The molecule has 0 bridgehead atoms. The first-order valence-electron chi connectivity index (χ1n) is 17.0. The summed E-state index contributed by atoms with van der Waals surface area (Å²) in [5.41, 5.74) is 3.43. The lowest BCUT2D eigenvalue weighted by Crippen LogP contribution is -2.44. The Kier molecular flexibility index (Phi) is 11.7. The summed E-state index contributed by atoms with van der Waals surface area (Å²) in [6, 6.07) is 43.6. The van der Waals surface area contributed by atoms with Gasteiger partial charge in [0, 0.05) is 24.2 Å². The first kappa shape index (κ1) is 34.9. The zero-order chi connectivity index (χ0) is 35.4. The highest BCUT2D eigenvalue weighted by Crippen LogP contribution is 2.28. The second kappa shape index (κ2) is 17.1. The van der Waals surface area contributed by atoms with Gasteiger partial charge in [-0.05, 0) is 35.2 Å². The Morgan fingerprint density at radius 3 is 1.96 bits per heavy atom. The first-order chi connectivity index (χ1) is 25.0. The second-order valence-corrected chi connectivity index (χ2v) is 12.1. The molecule has 1 N–H and O–H groups in total. The van der Waals surface area contributed by atoms with Crippen molar-refractivity contribution < 1.29 is 28.2 Å². The molecule has 8 heteroatoms. The first-order valence-corrected chi connectivity index (χ1v) is 17.0. The van der Waals surface area contributed by atoms with Crippen molar-refractivity contribution >= 4 is 22.9 Å². The van der Waals surface area contributed by atoms with Crippen molar-refractivity contribution in [3.05, 3.63) is 173 Å². The summed E-state index contributed by atoms with van der Waals surface area (Å²) in [6.45, 7) is 2.10. The minimum Gasteiger partial charge on any atom is -0.490 e. The molecule has 0 saturated heterocycles. The zero-order valence-electron chi connectivity index (χ0n) is 28.3. The number of carbonyl (C=O) groups is 2. The van der Waals surface area contributed by atoms with Gasteiger partial charge in [-0.15, -0.1) is 0 Å². The molecule has 0 aliphatic rings. The minimum absolute atomic E-state index is 0.0430. The van der Waals surface area contributed by atoms with E-state index in [0.29, 0.717) is 28.9 Å². The van der Waals surface area contributed by atoms with Crippen LogP contribution in [0.15, 0.2) is 155 Å². The Labute approximate surface area is 296 Å². The summed E-state index contributed by atoms with van der Waals surface area (Å²) in [5.74, 6) is -0.677. The van der Waals surface area contributed by atoms with Crippen LogP contribution in [-0.4, -0.2) is 37.2 Å². The third kappa shape index (κ3) is 9.17. The molecular weight excluding hydrogens is 642 g/mol. The van der Waals surface area contributed by atoms with Crippen LogP contribution in [0.5, 0.6) is 5.75 Å². The lowest BCUT2D eigenvalue weighted by atomic mass is 9.91. The quantitative estimate of drug-likeness (QED) is 0.110. The van der Waals surface area contributed by atoms with E-state index >= 15 is 0 Å². The normalized spacial score (nSPS) is 12.3. The Bertz CT molecular complexity index is 2040. The van der Waals surface area contributed by atoms with E-state index in [1.165, 1.54) is 6.07 Å². The number of hydrogen-bond donors (Lipinski definition) is 1. The van der Waals surface area contributed by atoms with Gasteiger partial charge >= 0.3 is 11.9 Å². The lowest BCUT2D eigenvalue weighted by molar-refractivity contribution is -0.151. The van der Waals surface area contributed by atoms with Gasteiger partial charge in [0.1, 0.15) is 48.4 Å². The van der Waals surface area contributed by atoms with E-state index in [-0.39, 0.29) is 25.2 Å². The molecule has 0 radical (unpaired) electrons. The smallest absolute Gasteiger partial charge is 0.323 e. The van der Waals surface area contributed by atoms with E-state index in [4.69, 9.17) is 18.6 Å². The van der Waals surface area contributed by atoms with Crippen LogP contribution in [0, 0.1) is 0 Å². The van der Waals surface area contributed by atoms with Gasteiger partial charge in [0.2, 0.25) is 0 Å². The molecule has 0 amide bonds. The Balaban J connectivity index is 1.22. The molecule has 6 aromatic rings. The predicted octanol–water partition coefficient (Wildman–Crippen LogP) is 7.69. The third-order valence-electron chi connectivity index (χ3n) is 8.49. The molecular formula is C43H39NO7. The van der Waals surface area contributed by atoms with Crippen LogP contribution >= 0.6 is 0 Å². The van der Waals surface area contributed by atoms with Crippen molar-refractivity contribution in [2.75, 3.05) is 13.2 Å². The number of nitrogens with one attached hydrogen (secondary N) is 1. The SMILES string of the molecule is CCC(NCC(COc1ccc2c(=O)cc(-c3ccccc3)oc2c1)OC(=O)C(c1ccccc1)c1ccccc1)C(=O)OCc1ccccc1. The fourth-order valence-electron chi connectivity index (χ4n) is 5.78. The van der Waals surface area contributed by atoms with Gasteiger partial charge in [-0.1, -0.05) is 128 Å². The third-order valence-corrected chi connectivity index (χ3v) is 8.49. The van der Waals surface area contributed by atoms with Crippen LogP contribution < -0.4 is 15.5 Å². The molecule has 5 aromatic carbocycles. The molecule has 0 fully saturated rings. The molecule has 0 aliphatic carbocycles. The monoisotopic (exact) mass is 681 g/mol. The van der Waals surface area contributed by atoms with Crippen LogP contribution in [0.1, 0.15) is 36.0 Å². The van der Waals surface area contributed by atoms with Crippen LogP contribution in [0.25, 0.3) is 22.3 Å². The van der Waals surface area contributed by atoms with Crippen molar-refractivity contribution in [1.82, 2.24) is 5.32 Å². The zero-order valence-corrected chi connectivity index (χ0v) is 28.3. The molecule has 8 nitrogen and oxygen atoms in total. The fraction of sp³-hybridized carbons (Fsp3) is 0.186. The summed E-state index contributed by atoms with van der Waals surface area (Å²) in [7, 11) is 0. The van der Waals surface area contributed by atoms with Crippen molar-refractivity contribution in [2.24, 2.45) is 0 Å². The Hall–Kier alpha value is -5.99. The van der Waals surface area contributed by atoms with Crippen LogP contribution in [0.4, 0.5) is 0 Å². The molecule has 51 heavy (non-hydrogen) atoms. The van der Waals surface area contributed by atoms with E-state index < -0.39 is 30.0 Å². The standard InChI is InChI=1S/C43H39NO7/c1-2-37(42(46)49-28-30-15-7-3-8-16-30)44-27-35(50-43(47)41(32-19-11-5-12-20-32)33-21-13-6-14-22-33)29-48-34-23-24-36-38(45)26-39(51-40(36)25-34)31-17-9-4-10-18-31/h3-26,35,37,41,44H,2,27-29H2,1H3. The number of ether oxygens (including phenoxy) is 3. The maximum absolute atomic E-state index is 14.0. The minimum atomic E-state index is -0.804. The van der Waals surface area contributed by atoms with Crippen LogP contribution in [-0.2, 0) is 25.7 Å². The lowest BCUT2D eigenvalue weighted by Gasteiger charge is -2.25. The van der Waals surface area contributed by atoms with Crippen molar-refractivity contribution in [1.29, 1.82) is 0 Å². The maximum atomic E-state index is 14.0. The number of esters is 2. The van der Waals surface area contributed by atoms with Gasteiger partial charge in [0.25, 0.3) is 0 Å². The molecule has 0 aliphatic heterocycles. The second-order valence-electron chi connectivity index (χ2n) is 12.1. The van der Waals surface area contributed by atoms with E-state index in [9.17, 15) is 14.4 Å². The molecule has 1 heterocycles. The number of carbonyl (C=O) groups excluding carboxylic acids is 2. The van der Waals surface area contributed by atoms with Crippen molar-refractivity contribution in [3.8, 4) is 17.1 Å². The molecule has 2 unspecified atom stereocenters. The maximum Gasteiger partial charge on any atom is 0.323 e. The van der Waals surface area contributed by atoms with Gasteiger partial charge in [-0.3, -0.25) is 14.4 Å². The van der Waals surface area contributed by atoms with Gasteiger partial charge in [0.15, 0.2) is 5.43 Å². The highest BCUT2D eigenvalue weighted by atomic mass is 16.6. The molecule has 1 aromatic heterocycles. The van der Waals surface area contributed by atoms with E-state index in [1.54, 1.807) is 18.2 Å². The van der Waals surface area contributed by atoms with Gasteiger partial charge in [-0.25, -0.2) is 0 Å². The van der Waals surface area contributed by atoms with E-state index in [1.807, 2.05) is 128 Å². The van der Waals surface area contributed by atoms with Crippen molar-refractivity contribution in [2.45, 2.75) is 38.0 Å². The number of fused-ring (bicyclic) bond motifs is 1. The molecule has 6 rings (SSSR count). The molecule has 2 atom stereocenters. The van der Waals surface area contributed by atoms with Crippen LogP contribution in [0.2, 0.25) is 0 Å². The predicted molar refractivity (Wildman–Crippen MR) is 196 cm³/mol. The van der Waals surface area contributed by atoms with Gasteiger partial charge in [-0.2, -0.15) is 0 Å². The Morgan fingerprint density at radius 2 is 1.33 bits per heavy atom. The summed E-state index contributed by atoms with van der Waals surface area (Å²) >= 11 is 0.